The highest BCUT2D eigenvalue weighted by Crippen LogP contribution is 2.23. The summed E-state index contributed by atoms with van der Waals surface area (Å²) in [6.45, 7) is 1.52. The molecule has 2 aromatic rings. The van der Waals surface area contributed by atoms with Gasteiger partial charge in [-0.1, -0.05) is 17.7 Å². The summed E-state index contributed by atoms with van der Waals surface area (Å²) in [7, 11) is 0. The van der Waals surface area contributed by atoms with Crippen LogP contribution >= 0.6 is 11.6 Å². The van der Waals surface area contributed by atoms with Crippen LogP contribution in [0.5, 0.6) is 5.75 Å². The first kappa shape index (κ1) is 15.1. The van der Waals surface area contributed by atoms with E-state index in [2.05, 4.69) is 5.32 Å². The summed E-state index contributed by atoms with van der Waals surface area (Å²) in [6.07, 6.45) is 0. The highest BCUT2D eigenvalue weighted by Gasteiger charge is 2.08. The molecule has 2 rings (SSSR count). The van der Waals surface area contributed by atoms with Gasteiger partial charge in [0.2, 0.25) is 0 Å². The average Bonchev–Trinajstić information content (AvgIpc) is 2.43. The number of amides is 1. The molecule has 0 spiro atoms. The van der Waals surface area contributed by atoms with Crippen molar-refractivity contribution in [3.63, 3.8) is 0 Å². The molecule has 0 bridgehead atoms. The molecule has 0 saturated carbocycles. The fraction of sp³-hybridized carbons (Fsp3) is 0.133. The molecule has 0 saturated heterocycles. The number of benzene rings is 2. The molecular weight excluding hydrogens is 295 g/mol. The molecule has 21 heavy (non-hydrogen) atoms. The third-order valence-corrected chi connectivity index (χ3v) is 3.03. The largest absolute Gasteiger partial charge is 0.483 e. The fourth-order valence-corrected chi connectivity index (χ4v) is 1.89. The number of aryl methyl sites for hydroxylation is 1. The molecule has 0 aliphatic heterocycles. The molecule has 0 fully saturated rings. The zero-order valence-electron chi connectivity index (χ0n) is 11.3. The van der Waals surface area contributed by atoms with Crippen molar-refractivity contribution < 1.29 is 13.9 Å². The Bertz CT molecular complexity index is 677. The van der Waals surface area contributed by atoms with E-state index >= 15 is 0 Å². The highest BCUT2D eigenvalue weighted by atomic mass is 35.5. The minimum Gasteiger partial charge on any atom is -0.483 e. The van der Waals surface area contributed by atoms with Gasteiger partial charge in [-0.25, -0.2) is 4.39 Å². The zero-order valence-corrected chi connectivity index (χ0v) is 12.1. The van der Waals surface area contributed by atoms with Crippen molar-refractivity contribution >= 4 is 28.9 Å². The number of hydrogen-bond donors (Lipinski definition) is 2. The smallest absolute Gasteiger partial charge is 0.262 e. The van der Waals surface area contributed by atoms with E-state index in [1.807, 2.05) is 0 Å². The Balaban J connectivity index is 1.97. The lowest BCUT2D eigenvalue weighted by molar-refractivity contribution is -0.118. The maximum Gasteiger partial charge on any atom is 0.262 e. The number of carbonyl (C=O) groups is 1. The number of nitrogen functional groups attached to an aromatic ring is 1. The summed E-state index contributed by atoms with van der Waals surface area (Å²) >= 11 is 5.77. The molecule has 0 aromatic heterocycles. The molecule has 0 radical (unpaired) electrons. The minimum absolute atomic E-state index is 0.244. The molecule has 0 unspecified atom stereocenters. The van der Waals surface area contributed by atoms with Gasteiger partial charge in [-0.3, -0.25) is 4.79 Å². The number of anilines is 2. The van der Waals surface area contributed by atoms with Gasteiger partial charge < -0.3 is 15.8 Å². The van der Waals surface area contributed by atoms with Crippen molar-refractivity contribution in [1.29, 1.82) is 0 Å². The predicted octanol–water partition coefficient (Wildman–Crippen LogP) is 3.39. The molecule has 1 amide bonds. The van der Waals surface area contributed by atoms with Gasteiger partial charge in [0.05, 0.1) is 11.4 Å². The molecule has 4 nitrogen and oxygen atoms in total. The summed E-state index contributed by atoms with van der Waals surface area (Å²) in [5.41, 5.74) is 7.28. The summed E-state index contributed by atoms with van der Waals surface area (Å²) in [4.78, 5) is 11.8. The third kappa shape index (κ3) is 4.10. The summed E-state index contributed by atoms with van der Waals surface area (Å²) in [5, 5.41) is 3.08. The first-order valence-electron chi connectivity index (χ1n) is 6.19. The summed E-state index contributed by atoms with van der Waals surface area (Å²) in [6, 6.07) is 8.90. The highest BCUT2D eigenvalue weighted by molar-refractivity contribution is 6.31. The van der Waals surface area contributed by atoms with E-state index in [1.54, 1.807) is 25.1 Å². The van der Waals surface area contributed by atoms with Gasteiger partial charge in [0.15, 0.2) is 6.61 Å². The van der Waals surface area contributed by atoms with Gasteiger partial charge in [-0.05, 0) is 36.8 Å². The van der Waals surface area contributed by atoms with Crippen molar-refractivity contribution in [2.45, 2.75) is 6.92 Å². The van der Waals surface area contributed by atoms with E-state index in [0.717, 1.165) is 5.56 Å². The number of carbonyl (C=O) groups excluding carboxylic acids is 1. The number of rotatable bonds is 4. The lowest BCUT2D eigenvalue weighted by Crippen LogP contribution is -2.21. The Kier molecular flexibility index (Phi) is 4.65. The van der Waals surface area contributed by atoms with E-state index < -0.39 is 11.7 Å². The number of nitrogens with one attached hydrogen (secondary N) is 1. The second-order valence-electron chi connectivity index (χ2n) is 4.48. The van der Waals surface area contributed by atoms with Crippen molar-refractivity contribution in [2.24, 2.45) is 0 Å². The minimum atomic E-state index is -0.419. The second kappa shape index (κ2) is 6.45. The van der Waals surface area contributed by atoms with E-state index in [0.29, 0.717) is 22.1 Å². The fourth-order valence-electron chi connectivity index (χ4n) is 1.71. The van der Waals surface area contributed by atoms with Crippen molar-refractivity contribution in [3.8, 4) is 5.75 Å². The van der Waals surface area contributed by atoms with Crippen LogP contribution in [0.4, 0.5) is 15.8 Å². The van der Waals surface area contributed by atoms with Gasteiger partial charge in [-0.2, -0.15) is 0 Å². The normalized spacial score (nSPS) is 10.2. The molecular formula is C15H14ClFN2O2. The lowest BCUT2D eigenvalue weighted by Gasteiger charge is -2.11. The average molecular weight is 309 g/mol. The van der Waals surface area contributed by atoms with Crippen LogP contribution < -0.4 is 15.8 Å². The number of halogens is 2. The van der Waals surface area contributed by atoms with Crippen LogP contribution in [0.15, 0.2) is 36.4 Å². The predicted molar refractivity (Wildman–Crippen MR) is 81.1 cm³/mol. The van der Waals surface area contributed by atoms with Gasteiger partial charge in [-0.15, -0.1) is 0 Å². The maximum absolute atomic E-state index is 13.1. The number of hydrogen-bond acceptors (Lipinski definition) is 3. The van der Waals surface area contributed by atoms with Gasteiger partial charge in [0.1, 0.15) is 11.6 Å². The quantitative estimate of drug-likeness (QED) is 0.851. The van der Waals surface area contributed by atoms with Crippen LogP contribution in [0, 0.1) is 12.7 Å². The molecule has 2 aromatic carbocycles. The Labute approximate surface area is 126 Å². The van der Waals surface area contributed by atoms with Crippen molar-refractivity contribution in [2.75, 3.05) is 17.7 Å². The maximum atomic E-state index is 13.1. The molecule has 3 N–H and O–H groups in total. The van der Waals surface area contributed by atoms with Crippen LogP contribution in [-0.4, -0.2) is 12.5 Å². The van der Waals surface area contributed by atoms with Crippen LogP contribution in [0.3, 0.4) is 0 Å². The van der Waals surface area contributed by atoms with Crippen LogP contribution in [0.25, 0.3) is 0 Å². The molecule has 6 heteroatoms. The van der Waals surface area contributed by atoms with Gasteiger partial charge in [0.25, 0.3) is 5.91 Å². The van der Waals surface area contributed by atoms with Crippen LogP contribution in [0.2, 0.25) is 5.02 Å². The van der Waals surface area contributed by atoms with Crippen molar-refractivity contribution in [1.82, 2.24) is 0 Å². The van der Waals surface area contributed by atoms with Crippen LogP contribution in [0.1, 0.15) is 5.56 Å². The monoisotopic (exact) mass is 308 g/mol. The van der Waals surface area contributed by atoms with E-state index in [9.17, 15) is 9.18 Å². The molecule has 0 aliphatic carbocycles. The van der Waals surface area contributed by atoms with E-state index in [-0.39, 0.29) is 6.61 Å². The Morgan fingerprint density at radius 3 is 2.81 bits per heavy atom. The molecule has 0 aliphatic rings. The first-order chi connectivity index (χ1) is 9.95. The van der Waals surface area contributed by atoms with Gasteiger partial charge in [0, 0.05) is 11.1 Å². The van der Waals surface area contributed by atoms with E-state index in [1.165, 1.54) is 18.2 Å². The standard InChI is InChI=1S/C15H14ClFN2O2/c1-9-2-4-11(17)7-14(9)21-8-15(20)19-13-5-3-10(16)6-12(13)18/h2-7H,8,18H2,1H3,(H,19,20). The number of nitrogens with two attached hydrogens (primary N) is 1. The summed E-state index contributed by atoms with van der Waals surface area (Å²) < 4.78 is 18.4. The first-order valence-corrected chi connectivity index (χ1v) is 6.57. The third-order valence-electron chi connectivity index (χ3n) is 2.80. The van der Waals surface area contributed by atoms with Gasteiger partial charge >= 0.3 is 0 Å². The molecule has 0 atom stereocenters. The molecule has 0 heterocycles. The second-order valence-corrected chi connectivity index (χ2v) is 4.91. The SMILES string of the molecule is Cc1ccc(F)cc1OCC(=O)Nc1ccc(Cl)cc1N. The molecule has 110 valence electrons. The van der Waals surface area contributed by atoms with Crippen molar-refractivity contribution in [3.05, 3.63) is 52.8 Å². The number of ether oxygens (including phenoxy) is 1. The topological polar surface area (TPSA) is 64.3 Å². The van der Waals surface area contributed by atoms with Crippen LogP contribution in [-0.2, 0) is 4.79 Å². The Hall–Kier alpha value is -2.27. The zero-order chi connectivity index (χ0) is 15.4. The lowest BCUT2D eigenvalue weighted by atomic mass is 10.2. The van der Waals surface area contributed by atoms with E-state index in [4.69, 9.17) is 22.1 Å². The summed E-state index contributed by atoms with van der Waals surface area (Å²) in [5.74, 6) is -0.486. The Morgan fingerprint density at radius 1 is 1.33 bits per heavy atom. The Morgan fingerprint density at radius 2 is 2.10 bits per heavy atom.